The fraction of sp³-hybridized carbons (Fsp3) is 0.419. The average Bonchev–Trinajstić information content (AvgIpc) is 3.24. The molecule has 0 heterocycles. The lowest BCUT2D eigenvalue weighted by Gasteiger charge is -2.22. The summed E-state index contributed by atoms with van der Waals surface area (Å²) in [6.07, 6.45) is 1.18. The summed E-state index contributed by atoms with van der Waals surface area (Å²) >= 11 is 0. The lowest BCUT2D eigenvalue weighted by Crippen LogP contribution is -2.52. The van der Waals surface area contributed by atoms with Crippen molar-refractivity contribution < 1.29 is 57.6 Å². The number of esters is 2. The Morgan fingerprint density at radius 2 is 1.02 bits per heavy atom. The highest BCUT2D eigenvalue weighted by Gasteiger charge is 2.29. The van der Waals surface area contributed by atoms with Gasteiger partial charge in [-0.3, -0.25) is 14.4 Å². The molecule has 3 aromatic carbocycles. The van der Waals surface area contributed by atoms with Crippen molar-refractivity contribution >= 4 is 41.9 Å². The van der Waals surface area contributed by atoms with Crippen molar-refractivity contribution in [3.05, 3.63) is 108 Å². The number of unbranched alkanes of at least 4 members (excludes halogenated alkanes) is 3. The van der Waals surface area contributed by atoms with Crippen LogP contribution in [0, 0.1) is 0 Å². The molecule has 4 atom stereocenters. The van der Waals surface area contributed by atoms with E-state index in [-0.39, 0.29) is 45.5 Å². The summed E-state index contributed by atoms with van der Waals surface area (Å²) in [7, 11) is 0. The lowest BCUT2D eigenvalue weighted by molar-refractivity contribution is -0.150. The summed E-state index contributed by atoms with van der Waals surface area (Å²) in [4.78, 5) is 89.8. The molecule has 3 aromatic rings. The van der Waals surface area contributed by atoms with Crippen molar-refractivity contribution in [3.8, 4) is 0 Å². The number of carboxylic acids is 1. The molecule has 3 rings (SSSR count). The lowest BCUT2D eigenvalue weighted by atomic mass is 10.0. The van der Waals surface area contributed by atoms with Crippen molar-refractivity contribution in [1.82, 2.24) is 21.3 Å². The van der Waals surface area contributed by atoms with Crippen molar-refractivity contribution in [2.24, 2.45) is 0 Å². The number of carboxylic acid groups (broad SMARTS) is 1. The van der Waals surface area contributed by atoms with Crippen LogP contribution in [0.5, 0.6) is 0 Å². The first kappa shape index (κ1) is 46.9. The minimum absolute atomic E-state index is 0.0203. The molecule has 318 valence electrons. The zero-order valence-corrected chi connectivity index (χ0v) is 33.4. The first-order valence-electron chi connectivity index (χ1n) is 19.6. The molecule has 0 aliphatic rings. The Labute approximate surface area is 343 Å². The topological polar surface area (TPSA) is 225 Å². The van der Waals surface area contributed by atoms with Gasteiger partial charge in [-0.15, -0.1) is 0 Å². The molecule has 0 radical (unpaired) electrons. The molecule has 16 heteroatoms. The summed E-state index contributed by atoms with van der Waals surface area (Å²) in [6, 6.07) is 21.3. The fourth-order valence-corrected chi connectivity index (χ4v) is 5.48. The minimum Gasteiger partial charge on any atom is -0.480 e. The highest BCUT2D eigenvalue weighted by Crippen LogP contribution is 2.12. The van der Waals surface area contributed by atoms with Gasteiger partial charge >= 0.3 is 30.1 Å². The van der Waals surface area contributed by atoms with E-state index < -0.39 is 72.7 Å². The monoisotopic (exact) mass is 818 g/mol. The van der Waals surface area contributed by atoms with Gasteiger partial charge in [0.1, 0.15) is 44.6 Å². The number of benzene rings is 3. The SMILES string of the molecule is CCCCCCC(=O)NC(COC(=O)N[C@H](CCCC(NC(=O)OCc1ccccc1)C(=O)OCc1ccccc1)C(=O)N[C@H](C)C(=O)O)C(=O)OCc1ccccc1. The van der Waals surface area contributed by atoms with Gasteiger partial charge in [0.25, 0.3) is 0 Å². The van der Waals surface area contributed by atoms with Gasteiger partial charge < -0.3 is 45.3 Å². The number of amides is 4. The molecule has 0 saturated carbocycles. The largest absolute Gasteiger partial charge is 0.480 e. The molecule has 0 aliphatic carbocycles. The van der Waals surface area contributed by atoms with Crippen LogP contribution < -0.4 is 21.3 Å². The van der Waals surface area contributed by atoms with E-state index in [1.165, 1.54) is 6.92 Å². The normalized spacial score (nSPS) is 12.6. The zero-order valence-electron chi connectivity index (χ0n) is 33.4. The first-order valence-corrected chi connectivity index (χ1v) is 19.6. The van der Waals surface area contributed by atoms with Crippen molar-refractivity contribution in [2.45, 2.75) is 109 Å². The number of nitrogens with one attached hydrogen (secondary N) is 4. The molecular formula is C43H54N4O12. The van der Waals surface area contributed by atoms with Crippen LogP contribution in [0.2, 0.25) is 0 Å². The van der Waals surface area contributed by atoms with Crippen LogP contribution in [0.25, 0.3) is 0 Å². The molecule has 0 bridgehead atoms. The predicted molar refractivity (Wildman–Crippen MR) is 214 cm³/mol. The van der Waals surface area contributed by atoms with Crippen molar-refractivity contribution in [2.75, 3.05) is 6.61 Å². The Hall–Kier alpha value is -6.45. The first-order chi connectivity index (χ1) is 28.4. The summed E-state index contributed by atoms with van der Waals surface area (Å²) in [5.41, 5.74) is 2.12. The van der Waals surface area contributed by atoms with Crippen LogP contribution in [0.4, 0.5) is 9.59 Å². The third-order valence-electron chi connectivity index (χ3n) is 8.82. The van der Waals surface area contributed by atoms with Crippen LogP contribution in [0.3, 0.4) is 0 Å². The highest BCUT2D eigenvalue weighted by molar-refractivity contribution is 5.89. The Morgan fingerprint density at radius 3 is 1.54 bits per heavy atom. The van der Waals surface area contributed by atoms with E-state index in [0.717, 1.165) is 19.3 Å². The Bertz CT molecular complexity index is 1780. The van der Waals surface area contributed by atoms with Gasteiger partial charge in [0, 0.05) is 6.42 Å². The van der Waals surface area contributed by atoms with E-state index in [1.807, 2.05) is 13.0 Å². The maximum absolute atomic E-state index is 13.3. The second-order valence-electron chi connectivity index (χ2n) is 13.7. The van der Waals surface area contributed by atoms with Crippen LogP contribution in [0.15, 0.2) is 91.0 Å². The number of ether oxygens (including phenoxy) is 4. The van der Waals surface area contributed by atoms with Crippen molar-refractivity contribution in [3.63, 3.8) is 0 Å². The standard InChI is InChI=1S/C43H54N4O12/c1-3-4-5-15-25-37(48)45-36(41(53)57-27-32-19-11-7-12-20-32)29-59-42(54)46-34(38(49)44-30(2)39(50)51)23-16-24-35(40(52)56-26-31-17-9-6-10-18-31)47-43(55)58-28-33-21-13-8-14-22-33/h6-14,17-22,30,34-36H,3-5,15-16,23-29H2,1-2H3,(H,44,49)(H,45,48)(H,46,54)(H,47,55)(H,50,51)/t30-,34-,35?,36?/m1/s1. The van der Waals surface area contributed by atoms with Gasteiger partial charge in [0.2, 0.25) is 11.8 Å². The van der Waals surface area contributed by atoms with Gasteiger partial charge in [0.05, 0.1) is 0 Å². The third kappa shape index (κ3) is 19.0. The van der Waals surface area contributed by atoms with Crippen molar-refractivity contribution in [1.29, 1.82) is 0 Å². The van der Waals surface area contributed by atoms with E-state index in [1.54, 1.807) is 84.9 Å². The number of carbonyl (C=O) groups is 7. The van der Waals surface area contributed by atoms with Gasteiger partial charge in [-0.2, -0.15) is 0 Å². The van der Waals surface area contributed by atoms with E-state index in [2.05, 4.69) is 21.3 Å². The van der Waals surface area contributed by atoms with Crippen LogP contribution >= 0.6 is 0 Å². The maximum atomic E-state index is 13.3. The summed E-state index contributed by atoms with van der Waals surface area (Å²) < 4.78 is 21.5. The van der Waals surface area contributed by atoms with Crippen LogP contribution in [-0.4, -0.2) is 77.8 Å². The number of hydrogen-bond donors (Lipinski definition) is 5. The summed E-state index contributed by atoms with van der Waals surface area (Å²) in [5.74, 6) is -4.29. The molecule has 16 nitrogen and oxygen atoms in total. The Morgan fingerprint density at radius 1 is 0.542 bits per heavy atom. The maximum Gasteiger partial charge on any atom is 0.408 e. The molecule has 0 aliphatic heterocycles. The predicted octanol–water partition coefficient (Wildman–Crippen LogP) is 5.08. The molecule has 0 saturated heterocycles. The summed E-state index contributed by atoms with van der Waals surface area (Å²) in [6.45, 7) is 2.37. The molecule has 0 spiro atoms. The minimum atomic E-state index is -1.40. The summed E-state index contributed by atoms with van der Waals surface area (Å²) in [5, 5.41) is 19.1. The number of aliphatic carboxylic acids is 1. The molecule has 4 amide bonds. The highest BCUT2D eigenvalue weighted by atomic mass is 16.6. The number of alkyl carbamates (subject to hydrolysis) is 2. The quantitative estimate of drug-likeness (QED) is 0.0429. The molecule has 5 N–H and O–H groups in total. The Kier molecular flexibility index (Phi) is 21.1. The van der Waals surface area contributed by atoms with Crippen LogP contribution in [-0.2, 0) is 62.7 Å². The molecule has 0 aromatic heterocycles. The zero-order chi connectivity index (χ0) is 42.8. The average molecular weight is 819 g/mol. The van der Waals surface area contributed by atoms with E-state index in [9.17, 15) is 38.7 Å². The van der Waals surface area contributed by atoms with E-state index in [0.29, 0.717) is 23.1 Å². The van der Waals surface area contributed by atoms with E-state index >= 15 is 0 Å². The molecular weight excluding hydrogens is 764 g/mol. The van der Waals surface area contributed by atoms with Gasteiger partial charge in [0.15, 0.2) is 6.04 Å². The molecule has 2 unspecified atom stereocenters. The number of hydrogen-bond acceptors (Lipinski definition) is 11. The third-order valence-corrected chi connectivity index (χ3v) is 8.82. The van der Waals surface area contributed by atoms with Gasteiger partial charge in [-0.25, -0.2) is 19.2 Å². The van der Waals surface area contributed by atoms with Gasteiger partial charge in [-0.1, -0.05) is 117 Å². The molecule has 0 fully saturated rings. The number of rotatable bonds is 25. The fourth-order valence-electron chi connectivity index (χ4n) is 5.48. The van der Waals surface area contributed by atoms with Gasteiger partial charge in [-0.05, 0) is 49.3 Å². The van der Waals surface area contributed by atoms with E-state index in [4.69, 9.17) is 18.9 Å². The number of carbonyl (C=O) groups excluding carboxylic acids is 6. The smallest absolute Gasteiger partial charge is 0.408 e. The second kappa shape index (κ2) is 26.5. The Balaban J connectivity index is 1.68. The molecule has 59 heavy (non-hydrogen) atoms. The van der Waals surface area contributed by atoms with Crippen LogP contribution in [0.1, 0.15) is 81.9 Å². The second-order valence-corrected chi connectivity index (χ2v) is 13.7.